The monoisotopic (exact) mass is 434 g/mol. The zero-order valence-corrected chi connectivity index (χ0v) is 19.5. The first-order valence-electron chi connectivity index (χ1n) is 11.5. The molecule has 1 N–H and O–H groups in total. The molecule has 0 heterocycles. The van der Waals surface area contributed by atoms with Gasteiger partial charge in [-0.3, -0.25) is 4.55 Å². The van der Waals surface area contributed by atoms with E-state index in [2.05, 4.69) is 6.92 Å². The summed E-state index contributed by atoms with van der Waals surface area (Å²) in [6, 6.07) is 8.90. The molecule has 0 saturated heterocycles. The van der Waals surface area contributed by atoms with E-state index in [0.29, 0.717) is 17.7 Å². The van der Waals surface area contributed by atoms with Crippen molar-refractivity contribution in [3.05, 3.63) is 35.9 Å². The maximum atomic E-state index is 11.9. The second-order valence-electron chi connectivity index (χ2n) is 8.21. The van der Waals surface area contributed by atoms with E-state index in [1.165, 1.54) is 70.3 Å². The molecule has 5 heteroatoms. The van der Waals surface area contributed by atoms with Crippen LogP contribution in [-0.2, 0) is 16.5 Å². The summed E-state index contributed by atoms with van der Waals surface area (Å²) < 4.78 is 39.0. The molecule has 2 rings (SSSR count). The fourth-order valence-electron chi connectivity index (χ4n) is 4.20. The average molecular weight is 435 g/mol. The molecule has 0 amide bonds. The molecular formula is C25H38O4S. The lowest BCUT2D eigenvalue weighted by atomic mass is 9.98. The van der Waals surface area contributed by atoms with Gasteiger partial charge >= 0.3 is 0 Å². The topological polar surface area (TPSA) is 63.6 Å². The molecule has 0 unspecified atom stereocenters. The number of methoxy groups -OCH3 is 1. The first kappa shape index (κ1) is 24.7. The highest BCUT2D eigenvalue weighted by molar-refractivity contribution is 7.85. The number of unbranched alkanes of at least 4 members (excludes halogenated alkanes) is 11. The second kappa shape index (κ2) is 13.0. The van der Waals surface area contributed by atoms with Crippen molar-refractivity contribution in [3.63, 3.8) is 0 Å². The Morgan fingerprint density at radius 3 is 1.90 bits per heavy atom. The molecule has 0 radical (unpaired) electrons. The SMILES string of the molecule is CCCCCCCCCCCCCCc1c(S(=O)(=O)O)ccc2cccc(OC)c12. The van der Waals surface area contributed by atoms with Crippen LogP contribution in [0.2, 0.25) is 0 Å². The third-order valence-electron chi connectivity index (χ3n) is 5.85. The lowest BCUT2D eigenvalue weighted by Gasteiger charge is -2.14. The largest absolute Gasteiger partial charge is 0.496 e. The molecule has 0 bridgehead atoms. The molecular weight excluding hydrogens is 396 g/mol. The molecule has 0 aliphatic heterocycles. The Hall–Kier alpha value is -1.59. The van der Waals surface area contributed by atoms with Gasteiger partial charge in [-0.05, 0) is 35.9 Å². The molecule has 2 aromatic carbocycles. The number of hydrogen-bond donors (Lipinski definition) is 1. The van der Waals surface area contributed by atoms with Crippen LogP contribution in [0.3, 0.4) is 0 Å². The summed E-state index contributed by atoms with van der Waals surface area (Å²) in [4.78, 5) is 0.00238. The van der Waals surface area contributed by atoms with E-state index in [1.807, 2.05) is 18.2 Å². The van der Waals surface area contributed by atoms with Crippen LogP contribution >= 0.6 is 0 Å². The van der Waals surface area contributed by atoms with Crippen molar-refractivity contribution in [2.45, 2.75) is 95.3 Å². The predicted octanol–water partition coefficient (Wildman–Crippen LogP) is 7.34. The van der Waals surface area contributed by atoms with Gasteiger partial charge < -0.3 is 4.74 Å². The standard InChI is InChI=1S/C25H38O4S/c1-3-4-5-6-7-8-9-10-11-12-13-14-17-22-24(30(26,27)28)20-19-21-16-15-18-23(29-2)25(21)22/h15-16,18-20H,3-14,17H2,1-2H3,(H,26,27,28). The van der Waals surface area contributed by atoms with Gasteiger partial charge in [0.15, 0.2) is 0 Å². The Labute approximate surface area is 182 Å². The van der Waals surface area contributed by atoms with Crippen molar-refractivity contribution >= 4 is 20.9 Å². The summed E-state index contributed by atoms with van der Waals surface area (Å²) in [6.07, 6.45) is 15.7. The Morgan fingerprint density at radius 1 is 0.800 bits per heavy atom. The number of rotatable bonds is 15. The van der Waals surface area contributed by atoms with Crippen LogP contribution in [0.5, 0.6) is 5.75 Å². The predicted molar refractivity (Wildman–Crippen MR) is 125 cm³/mol. The molecule has 0 aromatic heterocycles. The highest BCUT2D eigenvalue weighted by Crippen LogP contribution is 2.34. The molecule has 0 aliphatic carbocycles. The minimum absolute atomic E-state index is 0.00238. The summed E-state index contributed by atoms with van der Waals surface area (Å²) >= 11 is 0. The molecule has 0 fully saturated rings. The fourth-order valence-corrected chi connectivity index (χ4v) is 4.96. The minimum atomic E-state index is -4.27. The molecule has 2 aromatic rings. The molecule has 4 nitrogen and oxygen atoms in total. The Kier molecular flexibility index (Phi) is 10.7. The molecule has 0 atom stereocenters. The van der Waals surface area contributed by atoms with Gasteiger partial charge in [0.25, 0.3) is 10.1 Å². The molecule has 168 valence electrons. The van der Waals surface area contributed by atoms with Gasteiger partial charge in [0, 0.05) is 5.39 Å². The third-order valence-corrected chi connectivity index (χ3v) is 6.79. The summed E-state index contributed by atoms with van der Waals surface area (Å²) in [6.45, 7) is 2.25. The van der Waals surface area contributed by atoms with Crippen molar-refractivity contribution in [3.8, 4) is 5.75 Å². The quantitative estimate of drug-likeness (QED) is 0.235. The van der Waals surface area contributed by atoms with E-state index in [1.54, 1.807) is 13.2 Å². The number of aryl methyl sites for hydroxylation is 1. The van der Waals surface area contributed by atoms with Gasteiger partial charge in [-0.2, -0.15) is 8.42 Å². The second-order valence-corrected chi connectivity index (χ2v) is 9.60. The van der Waals surface area contributed by atoms with Crippen LogP contribution < -0.4 is 4.74 Å². The van der Waals surface area contributed by atoms with Crippen molar-refractivity contribution in [2.24, 2.45) is 0 Å². The normalized spacial score (nSPS) is 11.8. The van der Waals surface area contributed by atoms with Crippen molar-refractivity contribution in [1.29, 1.82) is 0 Å². The number of hydrogen-bond acceptors (Lipinski definition) is 3. The summed E-state index contributed by atoms with van der Waals surface area (Å²) in [5, 5.41) is 1.72. The van der Waals surface area contributed by atoms with E-state index in [4.69, 9.17) is 4.74 Å². The van der Waals surface area contributed by atoms with Gasteiger partial charge in [-0.1, -0.05) is 95.8 Å². The average Bonchev–Trinajstić information content (AvgIpc) is 2.73. The first-order valence-corrected chi connectivity index (χ1v) is 13.0. The van der Waals surface area contributed by atoms with E-state index in [-0.39, 0.29) is 4.90 Å². The molecule has 30 heavy (non-hydrogen) atoms. The van der Waals surface area contributed by atoms with Gasteiger partial charge in [0.05, 0.1) is 12.0 Å². The van der Waals surface area contributed by atoms with Crippen LogP contribution in [-0.4, -0.2) is 20.1 Å². The lowest BCUT2D eigenvalue weighted by molar-refractivity contribution is 0.419. The smallest absolute Gasteiger partial charge is 0.294 e. The van der Waals surface area contributed by atoms with Crippen LogP contribution in [0.4, 0.5) is 0 Å². The zero-order valence-electron chi connectivity index (χ0n) is 18.7. The maximum Gasteiger partial charge on any atom is 0.294 e. The summed E-state index contributed by atoms with van der Waals surface area (Å²) in [5.74, 6) is 0.645. The van der Waals surface area contributed by atoms with Gasteiger partial charge in [0.1, 0.15) is 5.75 Å². The minimum Gasteiger partial charge on any atom is -0.496 e. The van der Waals surface area contributed by atoms with Crippen molar-refractivity contribution < 1.29 is 17.7 Å². The first-order chi connectivity index (χ1) is 14.5. The fraction of sp³-hybridized carbons (Fsp3) is 0.600. The third kappa shape index (κ3) is 7.59. The van der Waals surface area contributed by atoms with Gasteiger partial charge in [-0.25, -0.2) is 0 Å². The number of fused-ring (bicyclic) bond motifs is 1. The molecule has 0 saturated carbocycles. The van der Waals surface area contributed by atoms with Crippen LogP contribution in [0.15, 0.2) is 35.2 Å². The summed E-state index contributed by atoms with van der Waals surface area (Å²) in [5.41, 5.74) is 0.666. The summed E-state index contributed by atoms with van der Waals surface area (Å²) in [7, 11) is -2.69. The lowest BCUT2D eigenvalue weighted by Crippen LogP contribution is -2.05. The zero-order chi connectivity index (χ0) is 21.8. The maximum absolute atomic E-state index is 11.9. The van der Waals surface area contributed by atoms with Crippen molar-refractivity contribution in [1.82, 2.24) is 0 Å². The van der Waals surface area contributed by atoms with E-state index >= 15 is 0 Å². The highest BCUT2D eigenvalue weighted by Gasteiger charge is 2.19. The molecule has 0 spiro atoms. The Balaban J connectivity index is 1.86. The highest BCUT2D eigenvalue weighted by atomic mass is 32.2. The van der Waals surface area contributed by atoms with E-state index < -0.39 is 10.1 Å². The Morgan fingerprint density at radius 2 is 1.37 bits per heavy atom. The van der Waals surface area contributed by atoms with Gasteiger partial charge in [0.2, 0.25) is 0 Å². The van der Waals surface area contributed by atoms with Crippen molar-refractivity contribution in [2.75, 3.05) is 7.11 Å². The van der Waals surface area contributed by atoms with Crippen LogP contribution in [0.25, 0.3) is 10.8 Å². The van der Waals surface area contributed by atoms with Gasteiger partial charge in [-0.15, -0.1) is 0 Å². The van der Waals surface area contributed by atoms with E-state index in [0.717, 1.165) is 23.6 Å². The number of ether oxygens (including phenoxy) is 1. The van der Waals surface area contributed by atoms with Crippen LogP contribution in [0.1, 0.15) is 89.5 Å². The number of benzene rings is 2. The van der Waals surface area contributed by atoms with Crippen LogP contribution in [0, 0.1) is 0 Å². The van der Waals surface area contributed by atoms with E-state index in [9.17, 15) is 13.0 Å². The molecule has 0 aliphatic rings. The Bertz CT molecular complexity index is 874.